The number of aromatic nitrogens is 2. The third-order valence-corrected chi connectivity index (χ3v) is 3.87. The molecule has 0 bridgehead atoms. The topological polar surface area (TPSA) is 72.1 Å². The van der Waals surface area contributed by atoms with Crippen molar-refractivity contribution in [2.75, 3.05) is 12.3 Å². The van der Waals surface area contributed by atoms with Gasteiger partial charge in [-0.1, -0.05) is 24.7 Å². The van der Waals surface area contributed by atoms with E-state index >= 15 is 0 Å². The van der Waals surface area contributed by atoms with Gasteiger partial charge in [0, 0.05) is 12.6 Å². The van der Waals surface area contributed by atoms with Crippen LogP contribution in [0.4, 0.5) is 5.13 Å². The van der Waals surface area contributed by atoms with Gasteiger partial charge in [0.05, 0.1) is 0 Å². The summed E-state index contributed by atoms with van der Waals surface area (Å²) in [4.78, 5) is 14.2. The highest BCUT2D eigenvalue weighted by molar-refractivity contribution is 7.16. The third-order valence-electron chi connectivity index (χ3n) is 3.13. The van der Waals surface area contributed by atoms with Gasteiger partial charge in [0.1, 0.15) is 0 Å². The predicted octanol–water partition coefficient (Wildman–Crippen LogP) is 1.92. The van der Waals surface area contributed by atoms with Crippen LogP contribution in [0.1, 0.15) is 48.8 Å². The number of hydrogen-bond acceptors (Lipinski definition) is 5. The van der Waals surface area contributed by atoms with Gasteiger partial charge < -0.3 is 10.6 Å². The molecule has 0 aliphatic carbocycles. The van der Waals surface area contributed by atoms with Crippen molar-refractivity contribution in [3.8, 4) is 0 Å². The van der Waals surface area contributed by atoms with E-state index in [1.54, 1.807) is 0 Å². The molecule has 5 nitrogen and oxygen atoms in total. The Morgan fingerprint density at radius 1 is 1.53 bits per heavy atom. The van der Waals surface area contributed by atoms with E-state index in [4.69, 9.17) is 5.73 Å². The Morgan fingerprint density at radius 3 is 3.00 bits per heavy atom. The molecule has 1 unspecified atom stereocenters. The number of carbonyl (C=O) groups excluding carboxylic acids is 1. The van der Waals surface area contributed by atoms with Crippen molar-refractivity contribution in [1.29, 1.82) is 0 Å². The fourth-order valence-corrected chi connectivity index (χ4v) is 2.91. The number of anilines is 1. The zero-order valence-electron chi connectivity index (χ0n) is 10.1. The van der Waals surface area contributed by atoms with Gasteiger partial charge in [-0.25, -0.2) is 0 Å². The maximum atomic E-state index is 12.3. The summed E-state index contributed by atoms with van der Waals surface area (Å²) in [5, 5.41) is 8.32. The van der Waals surface area contributed by atoms with E-state index in [9.17, 15) is 4.79 Å². The molecule has 0 saturated carbocycles. The SMILES string of the molecule is CCCC1CCCCN1C(=O)c1nnc(N)s1. The van der Waals surface area contributed by atoms with Gasteiger partial charge in [0.25, 0.3) is 5.91 Å². The van der Waals surface area contributed by atoms with Crippen LogP contribution in [0.25, 0.3) is 0 Å². The van der Waals surface area contributed by atoms with E-state index in [1.165, 1.54) is 17.8 Å². The Balaban J connectivity index is 2.10. The van der Waals surface area contributed by atoms with E-state index in [-0.39, 0.29) is 5.91 Å². The van der Waals surface area contributed by atoms with Crippen molar-refractivity contribution in [3.05, 3.63) is 5.01 Å². The Morgan fingerprint density at radius 2 is 2.35 bits per heavy atom. The molecule has 0 radical (unpaired) electrons. The van der Waals surface area contributed by atoms with Gasteiger partial charge in [-0.2, -0.15) is 0 Å². The molecule has 6 heteroatoms. The van der Waals surface area contributed by atoms with Gasteiger partial charge in [-0.3, -0.25) is 4.79 Å². The minimum Gasteiger partial charge on any atom is -0.374 e. The summed E-state index contributed by atoms with van der Waals surface area (Å²) in [7, 11) is 0. The molecule has 94 valence electrons. The second kappa shape index (κ2) is 5.44. The lowest BCUT2D eigenvalue weighted by atomic mass is 9.98. The molecule has 2 N–H and O–H groups in total. The Hall–Kier alpha value is -1.17. The number of nitrogens with two attached hydrogens (primary N) is 1. The van der Waals surface area contributed by atoms with Crippen LogP contribution in [0.5, 0.6) is 0 Å². The minimum atomic E-state index is -0.00245. The van der Waals surface area contributed by atoms with Crippen molar-refractivity contribution >= 4 is 22.4 Å². The van der Waals surface area contributed by atoms with E-state index in [1.807, 2.05) is 4.90 Å². The maximum absolute atomic E-state index is 12.3. The van der Waals surface area contributed by atoms with Crippen LogP contribution in [0.2, 0.25) is 0 Å². The average Bonchev–Trinajstić information content (AvgIpc) is 2.76. The number of nitrogens with zero attached hydrogens (tertiary/aromatic N) is 3. The van der Waals surface area contributed by atoms with Crippen LogP contribution < -0.4 is 5.73 Å². The van der Waals surface area contributed by atoms with Crippen LogP contribution in [-0.4, -0.2) is 33.6 Å². The summed E-state index contributed by atoms with van der Waals surface area (Å²) in [5.41, 5.74) is 5.51. The minimum absolute atomic E-state index is 0.00245. The fourth-order valence-electron chi connectivity index (χ4n) is 2.35. The first-order chi connectivity index (χ1) is 8.22. The van der Waals surface area contributed by atoms with Gasteiger partial charge in [0.15, 0.2) is 0 Å². The Bertz CT molecular complexity index is 391. The van der Waals surface area contributed by atoms with E-state index < -0.39 is 0 Å². The first-order valence-corrected chi connectivity index (χ1v) is 6.94. The van der Waals surface area contributed by atoms with Crippen molar-refractivity contribution in [2.24, 2.45) is 0 Å². The summed E-state index contributed by atoms with van der Waals surface area (Å²) >= 11 is 1.17. The number of nitrogen functional groups attached to an aromatic ring is 1. The third kappa shape index (κ3) is 2.74. The number of carbonyl (C=O) groups is 1. The molecular weight excluding hydrogens is 236 g/mol. The van der Waals surface area contributed by atoms with E-state index in [0.29, 0.717) is 16.2 Å². The second-order valence-electron chi connectivity index (χ2n) is 4.38. The molecule has 0 spiro atoms. The highest BCUT2D eigenvalue weighted by Gasteiger charge is 2.28. The number of hydrogen-bond donors (Lipinski definition) is 1. The van der Waals surface area contributed by atoms with Gasteiger partial charge >= 0.3 is 0 Å². The highest BCUT2D eigenvalue weighted by atomic mass is 32.1. The second-order valence-corrected chi connectivity index (χ2v) is 5.39. The quantitative estimate of drug-likeness (QED) is 0.894. The standard InChI is InChI=1S/C11H18N4OS/c1-2-5-8-6-3-4-7-15(8)10(16)9-13-14-11(12)17-9/h8H,2-7H2,1H3,(H2,12,14). The molecule has 2 rings (SSSR count). The van der Waals surface area contributed by atoms with Crippen LogP contribution in [0, 0.1) is 0 Å². The smallest absolute Gasteiger partial charge is 0.285 e. The molecular formula is C11H18N4OS. The number of amides is 1. The van der Waals surface area contributed by atoms with Crippen LogP contribution in [0.3, 0.4) is 0 Å². The monoisotopic (exact) mass is 254 g/mol. The summed E-state index contributed by atoms with van der Waals surface area (Å²) in [6.07, 6.45) is 5.58. The molecule has 1 aliphatic rings. The number of rotatable bonds is 3. The zero-order valence-corrected chi connectivity index (χ0v) is 10.9. The molecule has 1 amide bonds. The van der Waals surface area contributed by atoms with Crippen LogP contribution in [-0.2, 0) is 0 Å². The summed E-state index contributed by atoms with van der Waals surface area (Å²) in [6.45, 7) is 2.99. The Labute approximate surface area is 105 Å². The largest absolute Gasteiger partial charge is 0.374 e. The van der Waals surface area contributed by atoms with Crippen molar-refractivity contribution in [1.82, 2.24) is 15.1 Å². The van der Waals surface area contributed by atoms with Gasteiger partial charge in [-0.15, -0.1) is 10.2 Å². The first kappa shape index (κ1) is 12.3. The summed E-state index contributed by atoms with van der Waals surface area (Å²) in [5.74, 6) is -0.00245. The predicted molar refractivity (Wildman–Crippen MR) is 67.9 cm³/mol. The van der Waals surface area contributed by atoms with E-state index in [0.717, 1.165) is 32.2 Å². The maximum Gasteiger partial charge on any atom is 0.285 e. The lowest BCUT2D eigenvalue weighted by Gasteiger charge is -2.35. The van der Waals surface area contributed by atoms with Crippen LogP contribution in [0.15, 0.2) is 0 Å². The van der Waals surface area contributed by atoms with E-state index in [2.05, 4.69) is 17.1 Å². The van der Waals surface area contributed by atoms with Gasteiger partial charge in [0.2, 0.25) is 10.1 Å². The number of piperidine rings is 1. The molecule has 1 aliphatic heterocycles. The first-order valence-electron chi connectivity index (χ1n) is 6.12. The molecule has 1 aromatic heterocycles. The summed E-state index contributed by atoms with van der Waals surface area (Å²) in [6, 6.07) is 0.367. The highest BCUT2D eigenvalue weighted by Crippen LogP contribution is 2.24. The van der Waals surface area contributed by atoms with Crippen molar-refractivity contribution in [2.45, 2.75) is 45.1 Å². The molecule has 1 saturated heterocycles. The summed E-state index contributed by atoms with van der Waals surface area (Å²) < 4.78 is 0. The normalized spacial score (nSPS) is 20.5. The zero-order chi connectivity index (χ0) is 12.3. The molecule has 1 fully saturated rings. The van der Waals surface area contributed by atoms with Crippen molar-refractivity contribution in [3.63, 3.8) is 0 Å². The van der Waals surface area contributed by atoms with Crippen LogP contribution >= 0.6 is 11.3 Å². The molecule has 0 aromatic carbocycles. The molecule has 1 atom stereocenters. The van der Waals surface area contributed by atoms with Crippen molar-refractivity contribution < 1.29 is 4.79 Å². The van der Waals surface area contributed by atoms with Gasteiger partial charge in [-0.05, 0) is 25.7 Å². The average molecular weight is 254 g/mol. The lowest BCUT2D eigenvalue weighted by Crippen LogP contribution is -2.43. The Kier molecular flexibility index (Phi) is 3.93. The molecule has 1 aromatic rings. The molecule has 17 heavy (non-hydrogen) atoms. The number of likely N-dealkylation sites (tertiary alicyclic amines) is 1. The fraction of sp³-hybridized carbons (Fsp3) is 0.727. The lowest BCUT2D eigenvalue weighted by molar-refractivity contribution is 0.0599. The molecule has 2 heterocycles.